The number of nitrogens with zero attached hydrogens (tertiary/aromatic N) is 1. The first kappa shape index (κ1) is 26.4. The summed E-state index contributed by atoms with van der Waals surface area (Å²) >= 11 is -2.07. The Labute approximate surface area is 186 Å². The van der Waals surface area contributed by atoms with Crippen LogP contribution in [0.2, 0.25) is 0 Å². The standard InChI is InChI=1S/C20H37NO9S/c1-19(2,3)30-18(24)21-9-13(29-20(21,4)5)8-16-17(27-6)14(11-31(25)26)15(28-16)7-12(23)10-22/h12-17,22-23H,7-11H2,1-6H3,(H,25,26)/t12?,13-,14-,15-,16+,17+/m0/s1. The number of rotatable bonds is 8. The van der Waals surface area contributed by atoms with Crippen LogP contribution in [0, 0.1) is 5.92 Å². The third kappa shape index (κ3) is 7.08. The minimum Gasteiger partial charge on any atom is -0.444 e. The van der Waals surface area contributed by atoms with E-state index in [-0.39, 0.29) is 18.3 Å². The normalized spacial score (nSPS) is 32.8. The number of aliphatic hydroxyl groups is 2. The second kappa shape index (κ2) is 10.4. The fourth-order valence-electron chi connectivity index (χ4n) is 4.27. The first-order chi connectivity index (χ1) is 14.3. The summed E-state index contributed by atoms with van der Waals surface area (Å²) in [5.41, 5.74) is -1.50. The quantitative estimate of drug-likeness (QED) is 0.449. The van der Waals surface area contributed by atoms with Crippen LogP contribution in [0.4, 0.5) is 4.79 Å². The average molecular weight is 468 g/mol. The van der Waals surface area contributed by atoms with E-state index in [1.165, 1.54) is 12.0 Å². The van der Waals surface area contributed by atoms with E-state index in [1.54, 1.807) is 34.6 Å². The maximum absolute atomic E-state index is 12.6. The molecule has 182 valence electrons. The molecule has 1 amide bonds. The summed E-state index contributed by atoms with van der Waals surface area (Å²) in [6, 6.07) is 0. The third-order valence-corrected chi connectivity index (χ3v) is 6.21. The first-order valence-electron chi connectivity index (χ1n) is 10.5. The zero-order valence-electron chi connectivity index (χ0n) is 19.1. The highest BCUT2D eigenvalue weighted by molar-refractivity contribution is 7.79. The van der Waals surface area contributed by atoms with E-state index in [4.69, 9.17) is 18.9 Å². The van der Waals surface area contributed by atoms with Crippen LogP contribution in [-0.2, 0) is 30.0 Å². The number of amides is 1. The van der Waals surface area contributed by atoms with Crippen LogP contribution in [0.3, 0.4) is 0 Å². The molecular weight excluding hydrogens is 430 g/mol. The largest absolute Gasteiger partial charge is 0.444 e. The Hall–Kier alpha value is -0.820. The van der Waals surface area contributed by atoms with Gasteiger partial charge in [0.25, 0.3) is 0 Å². The van der Waals surface area contributed by atoms with Gasteiger partial charge in [-0.15, -0.1) is 0 Å². The van der Waals surface area contributed by atoms with Gasteiger partial charge in [-0.2, -0.15) is 0 Å². The summed E-state index contributed by atoms with van der Waals surface area (Å²) in [6.45, 7) is 8.85. The Kier molecular flexibility index (Phi) is 8.88. The van der Waals surface area contributed by atoms with Crippen molar-refractivity contribution in [2.24, 2.45) is 5.92 Å². The molecule has 0 bridgehead atoms. The molecule has 0 saturated carbocycles. The highest BCUT2D eigenvalue weighted by Crippen LogP contribution is 2.38. The lowest BCUT2D eigenvalue weighted by molar-refractivity contribution is -0.0959. The Balaban J connectivity index is 2.11. The number of methoxy groups -OCH3 is 1. The molecule has 2 heterocycles. The molecule has 0 aromatic heterocycles. The minimum atomic E-state index is -2.07. The van der Waals surface area contributed by atoms with Crippen molar-refractivity contribution < 1.29 is 42.7 Å². The maximum Gasteiger partial charge on any atom is 0.412 e. The van der Waals surface area contributed by atoms with Crippen LogP contribution < -0.4 is 0 Å². The van der Waals surface area contributed by atoms with E-state index in [0.29, 0.717) is 13.0 Å². The monoisotopic (exact) mass is 467 g/mol. The zero-order valence-corrected chi connectivity index (χ0v) is 20.0. The Morgan fingerprint density at radius 3 is 2.48 bits per heavy atom. The molecule has 31 heavy (non-hydrogen) atoms. The second-order valence-electron chi connectivity index (χ2n) is 9.65. The maximum atomic E-state index is 12.6. The molecule has 2 saturated heterocycles. The molecule has 0 aromatic carbocycles. The fourth-order valence-corrected chi connectivity index (χ4v) is 5.01. The van der Waals surface area contributed by atoms with E-state index in [0.717, 1.165) is 0 Å². The van der Waals surface area contributed by atoms with Crippen molar-refractivity contribution in [3.05, 3.63) is 0 Å². The van der Waals surface area contributed by atoms with Crippen LogP contribution >= 0.6 is 0 Å². The molecule has 2 fully saturated rings. The SMILES string of the molecule is CO[C@@H]1[C@@H](CS(=O)O)[C@H](CC(O)CO)O[C@@H]1C[C@H]1CN(C(=O)OC(C)(C)C)C(C)(C)O1. The third-order valence-electron chi connectivity index (χ3n) is 5.54. The lowest BCUT2D eigenvalue weighted by atomic mass is 9.93. The molecule has 7 atom stereocenters. The van der Waals surface area contributed by atoms with Crippen molar-refractivity contribution in [1.82, 2.24) is 4.90 Å². The highest BCUT2D eigenvalue weighted by Gasteiger charge is 2.50. The molecule has 2 aliphatic heterocycles. The predicted molar refractivity (Wildman–Crippen MR) is 113 cm³/mol. The molecular formula is C20H37NO9S. The molecule has 3 N–H and O–H groups in total. The van der Waals surface area contributed by atoms with Gasteiger partial charge in [0.05, 0.1) is 49.4 Å². The number of carbonyl (C=O) groups is 1. The summed E-state index contributed by atoms with van der Waals surface area (Å²) in [4.78, 5) is 14.1. The molecule has 2 unspecified atom stereocenters. The van der Waals surface area contributed by atoms with Gasteiger partial charge in [-0.25, -0.2) is 9.00 Å². The van der Waals surface area contributed by atoms with Gasteiger partial charge in [0.2, 0.25) is 0 Å². The van der Waals surface area contributed by atoms with Crippen molar-refractivity contribution in [1.29, 1.82) is 0 Å². The summed E-state index contributed by atoms with van der Waals surface area (Å²) < 4.78 is 44.2. The molecule has 0 aliphatic carbocycles. The predicted octanol–water partition coefficient (Wildman–Crippen LogP) is 1.11. The van der Waals surface area contributed by atoms with Crippen LogP contribution in [0.1, 0.15) is 47.5 Å². The summed E-state index contributed by atoms with van der Waals surface area (Å²) in [5, 5.41) is 19.1. The van der Waals surface area contributed by atoms with Crippen molar-refractivity contribution in [3.63, 3.8) is 0 Å². The van der Waals surface area contributed by atoms with Gasteiger partial charge in [0, 0.05) is 25.9 Å². The first-order valence-corrected chi connectivity index (χ1v) is 11.8. The molecule has 0 radical (unpaired) electrons. The minimum absolute atomic E-state index is 0.0706. The van der Waals surface area contributed by atoms with Crippen molar-refractivity contribution in [2.75, 3.05) is 26.0 Å². The van der Waals surface area contributed by atoms with E-state index < -0.39 is 65.4 Å². The zero-order chi connectivity index (χ0) is 23.6. The van der Waals surface area contributed by atoms with Crippen LogP contribution in [0.25, 0.3) is 0 Å². The summed E-state index contributed by atoms with van der Waals surface area (Å²) in [6.07, 6.45) is -2.81. The van der Waals surface area contributed by atoms with E-state index >= 15 is 0 Å². The fraction of sp³-hybridized carbons (Fsp3) is 0.950. The van der Waals surface area contributed by atoms with Gasteiger partial charge in [0.1, 0.15) is 11.3 Å². The number of carbonyl (C=O) groups excluding carboxylic acids is 1. The number of aliphatic hydroxyl groups excluding tert-OH is 2. The number of hydrogen-bond donors (Lipinski definition) is 3. The Morgan fingerprint density at radius 1 is 1.32 bits per heavy atom. The molecule has 0 aromatic rings. The molecule has 0 spiro atoms. The number of hydrogen-bond acceptors (Lipinski definition) is 8. The highest BCUT2D eigenvalue weighted by atomic mass is 32.2. The van der Waals surface area contributed by atoms with E-state index in [9.17, 15) is 23.8 Å². The second-order valence-corrected chi connectivity index (χ2v) is 10.6. The van der Waals surface area contributed by atoms with Gasteiger partial charge >= 0.3 is 6.09 Å². The molecule has 11 heteroatoms. The van der Waals surface area contributed by atoms with Crippen molar-refractivity contribution in [3.8, 4) is 0 Å². The summed E-state index contributed by atoms with van der Waals surface area (Å²) in [7, 11) is 1.51. The smallest absolute Gasteiger partial charge is 0.412 e. The van der Waals surface area contributed by atoms with Crippen molar-refractivity contribution in [2.45, 2.75) is 89.3 Å². The van der Waals surface area contributed by atoms with Crippen LogP contribution in [-0.4, -0.2) is 97.8 Å². The topological polar surface area (TPSA) is 135 Å². The summed E-state index contributed by atoms with van der Waals surface area (Å²) in [5.74, 6) is -0.503. The van der Waals surface area contributed by atoms with Crippen molar-refractivity contribution >= 4 is 17.2 Å². The molecule has 2 rings (SSSR count). The average Bonchev–Trinajstić information content (AvgIpc) is 3.09. The van der Waals surface area contributed by atoms with Crippen LogP contribution in [0.15, 0.2) is 0 Å². The van der Waals surface area contributed by atoms with E-state index in [1.807, 2.05) is 0 Å². The Morgan fingerprint density at radius 2 is 1.97 bits per heavy atom. The lowest BCUT2D eigenvalue weighted by Gasteiger charge is -2.31. The van der Waals surface area contributed by atoms with Gasteiger partial charge in [0.15, 0.2) is 11.1 Å². The van der Waals surface area contributed by atoms with Gasteiger partial charge in [-0.05, 0) is 34.6 Å². The number of ether oxygens (including phenoxy) is 4. The van der Waals surface area contributed by atoms with E-state index in [2.05, 4.69) is 0 Å². The molecule has 10 nitrogen and oxygen atoms in total. The van der Waals surface area contributed by atoms with Gasteiger partial charge in [-0.1, -0.05) is 0 Å². The van der Waals surface area contributed by atoms with Gasteiger partial charge in [-0.3, -0.25) is 4.90 Å². The van der Waals surface area contributed by atoms with Gasteiger partial charge < -0.3 is 33.7 Å². The Bertz CT molecular complexity index is 639. The van der Waals surface area contributed by atoms with Crippen LogP contribution in [0.5, 0.6) is 0 Å². The lowest BCUT2D eigenvalue weighted by Crippen LogP contribution is -2.46. The molecule has 2 aliphatic rings.